The zero-order valence-corrected chi connectivity index (χ0v) is 5.26. The van der Waals surface area contributed by atoms with Crippen molar-refractivity contribution in [3.63, 3.8) is 0 Å². The lowest BCUT2D eigenvalue weighted by atomic mass is 10.0. The van der Waals surface area contributed by atoms with Crippen LogP contribution < -0.4 is 5.73 Å². The number of carbonyl (C=O) groups excluding carboxylic acids is 1. The van der Waals surface area contributed by atoms with E-state index in [0.29, 0.717) is 6.42 Å². The molecule has 52 valence electrons. The Morgan fingerprint density at radius 1 is 1.67 bits per heavy atom. The van der Waals surface area contributed by atoms with Crippen LogP contribution in [0.4, 0.5) is 0 Å². The molecule has 0 atom stereocenters. The Morgan fingerprint density at radius 3 is 2.33 bits per heavy atom. The molecule has 1 rings (SSSR count). The van der Waals surface area contributed by atoms with E-state index in [0.717, 1.165) is 12.8 Å². The lowest BCUT2D eigenvalue weighted by molar-refractivity contribution is -0.123. The SMILES string of the molecule is NC(=O)C1(CCO)CC1. The quantitative estimate of drug-likeness (QED) is 0.546. The molecule has 0 saturated heterocycles. The Hall–Kier alpha value is -0.570. The van der Waals surface area contributed by atoms with Gasteiger partial charge >= 0.3 is 0 Å². The second-order valence-corrected chi connectivity index (χ2v) is 2.62. The van der Waals surface area contributed by atoms with Crippen molar-refractivity contribution in [2.24, 2.45) is 11.1 Å². The molecular weight excluding hydrogens is 118 g/mol. The van der Waals surface area contributed by atoms with Crippen molar-refractivity contribution in [3.05, 3.63) is 0 Å². The van der Waals surface area contributed by atoms with Gasteiger partial charge in [0, 0.05) is 6.61 Å². The highest BCUT2D eigenvalue weighted by Gasteiger charge is 2.47. The predicted molar refractivity (Wildman–Crippen MR) is 32.6 cm³/mol. The molecule has 3 N–H and O–H groups in total. The second-order valence-electron chi connectivity index (χ2n) is 2.62. The Morgan fingerprint density at radius 2 is 2.22 bits per heavy atom. The molecule has 0 heterocycles. The number of nitrogens with two attached hydrogens (primary N) is 1. The van der Waals surface area contributed by atoms with Gasteiger partial charge in [-0.25, -0.2) is 0 Å². The molecule has 1 aliphatic rings. The van der Waals surface area contributed by atoms with Crippen LogP contribution in [0.5, 0.6) is 0 Å². The van der Waals surface area contributed by atoms with E-state index in [-0.39, 0.29) is 17.9 Å². The molecule has 0 unspecified atom stereocenters. The maximum atomic E-state index is 10.6. The molecule has 1 aliphatic carbocycles. The predicted octanol–water partition coefficient (Wildman–Crippen LogP) is -0.366. The minimum absolute atomic E-state index is 0.0724. The summed E-state index contributed by atoms with van der Waals surface area (Å²) in [6, 6.07) is 0. The number of hydrogen-bond donors (Lipinski definition) is 2. The first-order valence-corrected chi connectivity index (χ1v) is 3.12. The normalized spacial score (nSPS) is 21.4. The fourth-order valence-electron chi connectivity index (χ4n) is 0.985. The Balaban J connectivity index is 2.43. The molecule has 9 heavy (non-hydrogen) atoms. The Kier molecular flexibility index (Phi) is 1.45. The molecule has 0 aromatic heterocycles. The minimum atomic E-state index is -0.311. The molecule has 0 aliphatic heterocycles. The third-order valence-corrected chi connectivity index (χ3v) is 1.97. The lowest BCUT2D eigenvalue weighted by Gasteiger charge is -2.05. The Bertz CT molecular complexity index is 129. The number of primary amides is 1. The van der Waals surface area contributed by atoms with E-state index in [1.165, 1.54) is 0 Å². The number of rotatable bonds is 3. The standard InChI is InChI=1S/C6H11NO2/c7-5(9)6(1-2-6)3-4-8/h8H,1-4H2,(H2,7,9). The van der Waals surface area contributed by atoms with E-state index in [9.17, 15) is 4.79 Å². The summed E-state index contributed by atoms with van der Waals surface area (Å²) in [4.78, 5) is 10.6. The van der Waals surface area contributed by atoms with Crippen LogP contribution in [-0.4, -0.2) is 17.6 Å². The van der Waals surface area contributed by atoms with Gasteiger partial charge in [-0.15, -0.1) is 0 Å². The number of amides is 1. The molecule has 3 nitrogen and oxygen atoms in total. The summed E-state index contributed by atoms with van der Waals surface area (Å²) in [7, 11) is 0. The number of aliphatic hydroxyl groups is 1. The summed E-state index contributed by atoms with van der Waals surface area (Å²) in [5.74, 6) is -0.253. The fraction of sp³-hybridized carbons (Fsp3) is 0.833. The fourth-order valence-corrected chi connectivity index (χ4v) is 0.985. The van der Waals surface area contributed by atoms with Crippen LogP contribution in [0.1, 0.15) is 19.3 Å². The van der Waals surface area contributed by atoms with Gasteiger partial charge in [-0.05, 0) is 19.3 Å². The summed E-state index contributed by atoms with van der Waals surface area (Å²) in [5, 5.41) is 8.48. The van der Waals surface area contributed by atoms with Gasteiger partial charge in [-0.3, -0.25) is 4.79 Å². The van der Waals surface area contributed by atoms with E-state index in [2.05, 4.69) is 0 Å². The van der Waals surface area contributed by atoms with E-state index in [1.54, 1.807) is 0 Å². The summed E-state index contributed by atoms with van der Waals surface area (Å²) in [5.41, 5.74) is 4.76. The molecule has 0 aromatic rings. The van der Waals surface area contributed by atoms with E-state index in [4.69, 9.17) is 10.8 Å². The molecule has 0 aromatic carbocycles. The van der Waals surface area contributed by atoms with Crippen molar-refractivity contribution in [1.29, 1.82) is 0 Å². The third-order valence-electron chi connectivity index (χ3n) is 1.97. The van der Waals surface area contributed by atoms with Crippen LogP contribution in [0, 0.1) is 5.41 Å². The molecule has 3 heteroatoms. The average molecular weight is 129 g/mol. The van der Waals surface area contributed by atoms with Gasteiger partial charge in [0.15, 0.2) is 0 Å². The van der Waals surface area contributed by atoms with Gasteiger partial charge in [0.05, 0.1) is 5.41 Å². The van der Waals surface area contributed by atoms with E-state index in [1.807, 2.05) is 0 Å². The first-order chi connectivity index (χ1) is 4.21. The second kappa shape index (κ2) is 1.99. The molecule has 1 amide bonds. The lowest BCUT2D eigenvalue weighted by Crippen LogP contribution is -2.25. The topological polar surface area (TPSA) is 63.3 Å². The van der Waals surface area contributed by atoms with Crippen molar-refractivity contribution < 1.29 is 9.90 Å². The van der Waals surface area contributed by atoms with Gasteiger partial charge in [0.2, 0.25) is 5.91 Å². The zero-order valence-electron chi connectivity index (χ0n) is 5.26. The third kappa shape index (κ3) is 1.05. The Labute approximate surface area is 53.9 Å². The van der Waals surface area contributed by atoms with Crippen molar-refractivity contribution in [3.8, 4) is 0 Å². The van der Waals surface area contributed by atoms with E-state index >= 15 is 0 Å². The highest BCUT2D eigenvalue weighted by Crippen LogP contribution is 2.48. The van der Waals surface area contributed by atoms with Crippen LogP contribution in [0.25, 0.3) is 0 Å². The van der Waals surface area contributed by atoms with Crippen molar-refractivity contribution in [2.45, 2.75) is 19.3 Å². The summed E-state index contributed by atoms with van der Waals surface area (Å²) < 4.78 is 0. The molecule has 0 spiro atoms. The summed E-state index contributed by atoms with van der Waals surface area (Å²) >= 11 is 0. The molecular formula is C6H11NO2. The number of hydrogen-bond acceptors (Lipinski definition) is 2. The average Bonchev–Trinajstić information content (AvgIpc) is 2.49. The monoisotopic (exact) mass is 129 g/mol. The summed E-state index contributed by atoms with van der Waals surface area (Å²) in [6.07, 6.45) is 2.27. The maximum absolute atomic E-state index is 10.6. The van der Waals surface area contributed by atoms with Crippen LogP contribution in [0.15, 0.2) is 0 Å². The van der Waals surface area contributed by atoms with Gasteiger partial charge in [-0.2, -0.15) is 0 Å². The van der Waals surface area contributed by atoms with Crippen molar-refractivity contribution in [2.75, 3.05) is 6.61 Å². The van der Waals surface area contributed by atoms with Gasteiger partial charge < -0.3 is 10.8 Å². The zero-order chi connectivity index (χ0) is 6.91. The number of aliphatic hydroxyl groups excluding tert-OH is 1. The van der Waals surface area contributed by atoms with E-state index < -0.39 is 0 Å². The van der Waals surface area contributed by atoms with Gasteiger partial charge in [0.25, 0.3) is 0 Å². The van der Waals surface area contributed by atoms with Gasteiger partial charge in [-0.1, -0.05) is 0 Å². The van der Waals surface area contributed by atoms with Crippen molar-refractivity contribution in [1.82, 2.24) is 0 Å². The largest absolute Gasteiger partial charge is 0.396 e. The van der Waals surface area contributed by atoms with Gasteiger partial charge in [0.1, 0.15) is 0 Å². The highest BCUT2D eigenvalue weighted by atomic mass is 16.3. The summed E-state index contributed by atoms with van der Waals surface area (Å²) in [6.45, 7) is 0.0724. The molecule has 0 radical (unpaired) electrons. The van der Waals surface area contributed by atoms with Crippen LogP contribution in [0.3, 0.4) is 0 Å². The maximum Gasteiger partial charge on any atom is 0.223 e. The van der Waals surface area contributed by atoms with Crippen molar-refractivity contribution >= 4 is 5.91 Å². The first kappa shape index (κ1) is 6.55. The van der Waals surface area contributed by atoms with Crippen LogP contribution >= 0.6 is 0 Å². The highest BCUT2D eigenvalue weighted by molar-refractivity contribution is 5.83. The molecule has 1 fully saturated rings. The molecule has 0 bridgehead atoms. The van der Waals surface area contributed by atoms with Crippen LogP contribution in [-0.2, 0) is 4.79 Å². The minimum Gasteiger partial charge on any atom is -0.396 e. The molecule has 1 saturated carbocycles. The van der Waals surface area contributed by atoms with Crippen LogP contribution in [0.2, 0.25) is 0 Å². The smallest absolute Gasteiger partial charge is 0.223 e. The first-order valence-electron chi connectivity index (χ1n) is 3.12. The number of carbonyl (C=O) groups is 1.